The molecular formula is C20H28N4O2S. The fourth-order valence-electron chi connectivity index (χ4n) is 4.16. The van der Waals surface area contributed by atoms with Crippen LogP contribution in [0.4, 0.5) is 10.6 Å². The molecule has 2 aromatic heterocycles. The van der Waals surface area contributed by atoms with E-state index >= 15 is 0 Å². The molecular weight excluding hydrogens is 360 g/mol. The molecule has 6 nitrogen and oxygen atoms in total. The number of anilines is 1. The summed E-state index contributed by atoms with van der Waals surface area (Å²) in [5, 5.41) is 0. The molecule has 0 aliphatic carbocycles. The number of hydrogen-bond acceptors (Lipinski definition) is 6. The Kier molecular flexibility index (Phi) is 4.53. The van der Waals surface area contributed by atoms with Crippen LogP contribution in [0.2, 0.25) is 0 Å². The van der Waals surface area contributed by atoms with Crippen LogP contribution in [0, 0.1) is 5.41 Å². The van der Waals surface area contributed by atoms with Gasteiger partial charge in [0.15, 0.2) is 0 Å². The Morgan fingerprint density at radius 1 is 1.26 bits per heavy atom. The number of likely N-dealkylation sites (tertiary alicyclic amines) is 1. The van der Waals surface area contributed by atoms with E-state index in [2.05, 4.69) is 27.9 Å². The summed E-state index contributed by atoms with van der Waals surface area (Å²) in [6, 6.07) is 2.18. The van der Waals surface area contributed by atoms with Gasteiger partial charge in [0.25, 0.3) is 0 Å². The first kappa shape index (κ1) is 18.5. The van der Waals surface area contributed by atoms with Gasteiger partial charge in [0, 0.05) is 36.5 Å². The van der Waals surface area contributed by atoms with Gasteiger partial charge in [-0.05, 0) is 46.1 Å². The van der Waals surface area contributed by atoms with Crippen LogP contribution < -0.4 is 4.90 Å². The van der Waals surface area contributed by atoms with E-state index in [1.165, 1.54) is 9.58 Å². The summed E-state index contributed by atoms with van der Waals surface area (Å²) in [7, 11) is 0. The third-order valence-corrected chi connectivity index (χ3v) is 6.78. The third-order valence-electron chi connectivity index (χ3n) is 5.52. The van der Waals surface area contributed by atoms with Gasteiger partial charge >= 0.3 is 6.09 Å². The minimum absolute atomic E-state index is 0.152. The summed E-state index contributed by atoms with van der Waals surface area (Å²) in [6.07, 6.45) is 4.63. The van der Waals surface area contributed by atoms with Crippen molar-refractivity contribution in [3.8, 4) is 0 Å². The fourth-order valence-corrected chi connectivity index (χ4v) is 5.22. The highest BCUT2D eigenvalue weighted by molar-refractivity contribution is 7.19. The first-order valence-electron chi connectivity index (χ1n) is 9.75. The molecule has 0 bridgehead atoms. The van der Waals surface area contributed by atoms with Crippen LogP contribution in [0.15, 0.2) is 12.4 Å². The summed E-state index contributed by atoms with van der Waals surface area (Å²) in [4.78, 5) is 27.1. The maximum atomic E-state index is 12.4. The van der Waals surface area contributed by atoms with Gasteiger partial charge in [0.05, 0.1) is 10.2 Å². The molecule has 0 saturated carbocycles. The van der Waals surface area contributed by atoms with Crippen molar-refractivity contribution in [3.63, 3.8) is 0 Å². The summed E-state index contributed by atoms with van der Waals surface area (Å²) < 4.78 is 6.75. The number of carbonyl (C=O) groups excluding carboxylic acids is 1. The number of rotatable bonds is 2. The second kappa shape index (κ2) is 6.62. The predicted molar refractivity (Wildman–Crippen MR) is 108 cm³/mol. The molecule has 2 saturated heterocycles. The fraction of sp³-hybridized carbons (Fsp3) is 0.650. The lowest BCUT2D eigenvalue weighted by Crippen LogP contribution is -2.37. The standard InChI is InChI=1S/C20H28N4O2S/c1-5-14-10-15-16(27-14)17(22-13-21-15)23-8-6-20(11-23)7-9-24(12-20)18(25)26-19(2,3)4/h10,13H,5-9,11-12H2,1-4H3. The van der Waals surface area contributed by atoms with Gasteiger partial charge in [-0.1, -0.05) is 6.92 Å². The van der Waals surface area contributed by atoms with Gasteiger partial charge in [0.2, 0.25) is 0 Å². The molecule has 7 heteroatoms. The van der Waals surface area contributed by atoms with Crippen LogP contribution in [-0.4, -0.2) is 52.7 Å². The second-order valence-electron chi connectivity index (χ2n) is 8.80. The lowest BCUT2D eigenvalue weighted by atomic mass is 9.86. The zero-order valence-corrected chi connectivity index (χ0v) is 17.4. The molecule has 2 aliphatic rings. The van der Waals surface area contributed by atoms with Crippen molar-refractivity contribution < 1.29 is 9.53 Å². The first-order valence-corrected chi connectivity index (χ1v) is 10.6. The topological polar surface area (TPSA) is 58.6 Å². The molecule has 1 amide bonds. The van der Waals surface area contributed by atoms with Gasteiger partial charge in [-0.25, -0.2) is 14.8 Å². The molecule has 4 rings (SSSR count). The van der Waals surface area contributed by atoms with Crippen molar-refractivity contribution in [1.29, 1.82) is 0 Å². The lowest BCUT2D eigenvalue weighted by molar-refractivity contribution is 0.0276. The molecule has 1 atom stereocenters. The number of aromatic nitrogens is 2. The van der Waals surface area contributed by atoms with Crippen molar-refractivity contribution in [1.82, 2.24) is 14.9 Å². The number of carbonyl (C=O) groups is 1. The number of ether oxygens (including phenoxy) is 1. The largest absolute Gasteiger partial charge is 0.444 e. The molecule has 2 fully saturated rings. The highest BCUT2D eigenvalue weighted by Crippen LogP contribution is 2.43. The number of aryl methyl sites for hydroxylation is 1. The zero-order chi connectivity index (χ0) is 19.2. The highest BCUT2D eigenvalue weighted by Gasteiger charge is 2.46. The van der Waals surface area contributed by atoms with E-state index in [0.29, 0.717) is 0 Å². The minimum Gasteiger partial charge on any atom is -0.444 e. The lowest BCUT2D eigenvalue weighted by Gasteiger charge is -2.27. The Bertz CT molecular complexity index is 859. The van der Waals surface area contributed by atoms with E-state index in [1.807, 2.05) is 25.7 Å². The Morgan fingerprint density at radius 2 is 2.04 bits per heavy atom. The Balaban J connectivity index is 1.50. The van der Waals surface area contributed by atoms with Gasteiger partial charge < -0.3 is 14.5 Å². The van der Waals surface area contributed by atoms with Crippen molar-refractivity contribution in [2.24, 2.45) is 5.41 Å². The third kappa shape index (κ3) is 3.61. The molecule has 4 heterocycles. The molecule has 2 aliphatic heterocycles. The van der Waals surface area contributed by atoms with Crippen LogP contribution in [0.5, 0.6) is 0 Å². The summed E-state index contributed by atoms with van der Waals surface area (Å²) in [5.41, 5.74) is 0.751. The smallest absolute Gasteiger partial charge is 0.410 e. The van der Waals surface area contributed by atoms with Gasteiger partial charge in [-0.15, -0.1) is 11.3 Å². The van der Waals surface area contributed by atoms with E-state index in [0.717, 1.165) is 56.8 Å². The monoisotopic (exact) mass is 388 g/mol. The minimum atomic E-state index is -0.447. The predicted octanol–water partition coefficient (Wildman–Crippen LogP) is 4.09. The summed E-state index contributed by atoms with van der Waals surface area (Å²) in [6.45, 7) is 11.4. The molecule has 0 N–H and O–H groups in total. The number of hydrogen-bond donors (Lipinski definition) is 0. The van der Waals surface area contributed by atoms with Crippen LogP contribution in [0.1, 0.15) is 45.4 Å². The van der Waals surface area contributed by atoms with E-state index in [-0.39, 0.29) is 11.5 Å². The van der Waals surface area contributed by atoms with Crippen LogP contribution in [0.3, 0.4) is 0 Å². The summed E-state index contributed by atoms with van der Waals surface area (Å²) in [5.74, 6) is 1.05. The average molecular weight is 389 g/mol. The molecule has 27 heavy (non-hydrogen) atoms. The summed E-state index contributed by atoms with van der Waals surface area (Å²) >= 11 is 1.80. The first-order chi connectivity index (χ1) is 12.8. The Hall–Kier alpha value is -1.89. The zero-order valence-electron chi connectivity index (χ0n) is 16.6. The van der Waals surface area contributed by atoms with Gasteiger partial charge in [-0.2, -0.15) is 0 Å². The van der Waals surface area contributed by atoms with E-state index in [4.69, 9.17) is 4.74 Å². The van der Waals surface area contributed by atoms with Gasteiger partial charge in [0.1, 0.15) is 17.7 Å². The van der Waals surface area contributed by atoms with E-state index in [9.17, 15) is 4.79 Å². The number of nitrogens with zero attached hydrogens (tertiary/aromatic N) is 4. The van der Waals surface area contributed by atoms with Crippen LogP contribution in [-0.2, 0) is 11.2 Å². The van der Waals surface area contributed by atoms with Crippen molar-refractivity contribution in [2.45, 2.75) is 52.6 Å². The number of fused-ring (bicyclic) bond motifs is 1. The quantitative estimate of drug-likeness (QED) is 0.775. The molecule has 2 aromatic rings. The average Bonchev–Trinajstić information content (AvgIpc) is 3.31. The maximum absolute atomic E-state index is 12.4. The second-order valence-corrected chi connectivity index (χ2v) is 9.94. The normalized spacial score (nSPS) is 23.0. The molecule has 146 valence electrons. The van der Waals surface area contributed by atoms with E-state index < -0.39 is 5.60 Å². The number of thiophene rings is 1. The molecule has 0 radical (unpaired) electrons. The van der Waals surface area contributed by atoms with E-state index in [1.54, 1.807) is 17.7 Å². The van der Waals surface area contributed by atoms with Crippen LogP contribution in [0.25, 0.3) is 10.2 Å². The Morgan fingerprint density at radius 3 is 2.78 bits per heavy atom. The number of amides is 1. The van der Waals surface area contributed by atoms with Gasteiger partial charge in [-0.3, -0.25) is 0 Å². The van der Waals surface area contributed by atoms with Crippen molar-refractivity contribution in [3.05, 3.63) is 17.3 Å². The molecule has 1 spiro atoms. The van der Waals surface area contributed by atoms with Crippen molar-refractivity contribution >= 4 is 33.5 Å². The maximum Gasteiger partial charge on any atom is 0.410 e. The SMILES string of the molecule is CCc1cc2ncnc(N3CCC4(CCN(C(=O)OC(C)(C)C)C4)C3)c2s1. The van der Waals surface area contributed by atoms with Crippen LogP contribution >= 0.6 is 11.3 Å². The highest BCUT2D eigenvalue weighted by atomic mass is 32.1. The molecule has 0 aromatic carbocycles. The van der Waals surface area contributed by atoms with Crippen molar-refractivity contribution in [2.75, 3.05) is 31.1 Å². The molecule has 1 unspecified atom stereocenters. The Labute approximate surface area is 164 Å².